The van der Waals surface area contributed by atoms with E-state index in [1.807, 2.05) is 12.1 Å². The second kappa shape index (κ2) is 9.65. The SMILES string of the molecule is C#CCCOc1c(Br)cc(CNCCOC)cc1OC. The van der Waals surface area contributed by atoms with E-state index in [2.05, 4.69) is 27.2 Å². The molecule has 20 heavy (non-hydrogen) atoms. The van der Waals surface area contributed by atoms with Gasteiger partial charge in [0.2, 0.25) is 0 Å². The molecule has 1 rings (SSSR count). The van der Waals surface area contributed by atoms with Crippen molar-refractivity contribution < 1.29 is 14.2 Å². The van der Waals surface area contributed by atoms with Crippen LogP contribution >= 0.6 is 15.9 Å². The zero-order valence-corrected chi connectivity index (χ0v) is 13.5. The molecule has 1 aromatic rings. The predicted octanol–water partition coefficient (Wildman–Crippen LogP) is 2.60. The van der Waals surface area contributed by atoms with Crippen LogP contribution < -0.4 is 14.8 Å². The van der Waals surface area contributed by atoms with Crippen LogP contribution in [0.5, 0.6) is 11.5 Å². The molecule has 0 bridgehead atoms. The van der Waals surface area contributed by atoms with E-state index in [-0.39, 0.29) is 0 Å². The summed E-state index contributed by atoms with van der Waals surface area (Å²) in [5, 5.41) is 3.28. The normalized spacial score (nSPS) is 10.1. The molecule has 0 saturated carbocycles. The third kappa shape index (κ3) is 5.41. The Morgan fingerprint density at radius 3 is 2.75 bits per heavy atom. The van der Waals surface area contributed by atoms with Gasteiger partial charge in [-0.3, -0.25) is 0 Å². The van der Waals surface area contributed by atoms with E-state index in [0.717, 1.165) is 23.1 Å². The highest BCUT2D eigenvalue weighted by Crippen LogP contribution is 2.36. The zero-order valence-electron chi connectivity index (χ0n) is 11.9. The van der Waals surface area contributed by atoms with Crippen molar-refractivity contribution in [1.29, 1.82) is 0 Å². The van der Waals surface area contributed by atoms with Gasteiger partial charge < -0.3 is 19.5 Å². The molecule has 0 amide bonds. The molecule has 0 aromatic heterocycles. The number of hydrogen-bond acceptors (Lipinski definition) is 4. The van der Waals surface area contributed by atoms with E-state index < -0.39 is 0 Å². The molecule has 4 nitrogen and oxygen atoms in total. The Hall–Kier alpha value is -1.22. The third-order valence-electron chi connectivity index (χ3n) is 2.59. The lowest BCUT2D eigenvalue weighted by atomic mass is 10.2. The van der Waals surface area contributed by atoms with Crippen LogP contribution in [-0.2, 0) is 11.3 Å². The second-order valence-corrected chi connectivity index (χ2v) is 4.94. The average Bonchev–Trinajstić information content (AvgIpc) is 2.45. The summed E-state index contributed by atoms with van der Waals surface area (Å²) in [6, 6.07) is 3.96. The maximum Gasteiger partial charge on any atom is 0.175 e. The predicted molar refractivity (Wildman–Crippen MR) is 83.2 cm³/mol. The molecule has 0 aliphatic heterocycles. The van der Waals surface area contributed by atoms with Crippen molar-refractivity contribution in [3.05, 3.63) is 22.2 Å². The number of terminal acetylenes is 1. The highest BCUT2D eigenvalue weighted by atomic mass is 79.9. The van der Waals surface area contributed by atoms with Gasteiger partial charge in [-0.1, -0.05) is 0 Å². The lowest BCUT2D eigenvalue weighted by Gasteiger charge is -2.14. The Balaban J connectivity index is 2.71. The summed E-state index contributed by atoms with van der Waals surface area (Å²) in [6.07, 6.45) is 5.78. The van der Waals surface area contributed by atoms with E-state index in [4.69, 9.17) is 20.6 Å². The fourth-order valence-electron chi connectivity index (χ4n) is 1.63. The standard InChI is InChI=1S/C15H20BrNO3/c1-4-5-7-20-15-13(16)9-12(10-14(15)19-3)11-17-6-8-18-2/h1,9-10,17H,5-8,11H2,2-3H3. The number of benzene rings is 1. The summed E-state index contributed by atoms with van der Waals surface area (Å²) in [5.41, 5.74) is 1.11. The van der Waals surface area contributed by atoms with Crippen LogP contribution in [0.3, 0.4) is 0 Å². The minimum absolute atomic E-state index is 0.469. The van der Waals surface area contributed by atoms with E-state index >= 15 is 0 Å². The number of hydrogen-bond donors (Lipinski definition) is 1. The Kier molecular flexibility index (Phi) is 8.12. The van der Waals surface area contributed by atoms with Crippen LogP contribution in [0.2, 0.25) is 0 Å². The molecule has 0 fully saturated rings. The van der Waals surface area contributed by atoms with Crippen LogP contribution in [0.1, 0.15) is 12.0 Å². The van der Waals surface area contributed by atoms with Gasteiger partial charge >= 0.3 is 0 Å². The highest BCUT2D eigenvalue weighted by Gasteiger charge is 2.11. The van der Waals surface area contributed by atoms with Gasteiger partial charge in [0.25, 0.3) is 0 Å². The molecule has 110 valence electrons. The summed E-state index contributed by atoms with van der Waals surface area (Å²) >= 11 is 3.50. The quantitative estimate of drug-likeness (QED) is 0.553. The first-order valence-corrected chi connectivity index (χ1v) is 7.14. The molecule has 0 heterocycles. The molecule has 5 heteroatoms. The molecule has 0 radical (unpaired) electrons. The lowest BCUT2D eigenvalue weighted by molar-refractivity contribution is 0.199. The topological polar surface area (TPSA) is 39.7 Å². The molecule has 0 aliphatic carbocycles. The van der Waals surface area contributed by atoms with Gasteiger partial charge in [-0.2, -0.15) is 0 Å². The van der Waals surface area contributed by atoms with Crippen LogP contribution in [0.25, 0.3) is 0 Å². The molecule has 0 aliphatic rings. The van der Waals surface area contributed by atoms with Gasteiger partial charge in [-0.05, 0) is 33.6 Å². The van der Waals surface area contributed by atoms with Gasteiger partial charge in [-0.15, -0.1) is 12.3 Å². The minimum Gasteiger partial charge on any atom is -0.493 e. The Morgan fingerprint density at radius 2 is 2.10 bits per heavy atom. The Morgan fingerprint density at radius 1 is 1.30 bits per heavy atom. The van der Waals surface area contributed by atoms with Crippen LogP contribution in [0.15, 0.2) is 16.6 Å². The summed E-state index contributed by atoms with van der Waals surface area (Å²) < 4.78 is 16.9. The van der Waals surface area contributed by atoms with Gasteiger partial charge in [0, 0.05) is 26.6 Å². The van der Waals surface area contributed by atoms with Crippen molar-refractivity contribution >= 4 is 15.9 Å². The minimum atomic E-state index is 0.469. The molecular formula is C15H20BrNO3. The van der Waals surface area contributed by atoms with Crippen molar-refractivity contribution in [2.24, 2.45) is 0 Å². The number of rotatable bonds is 9. The monoisotopic (exact) mass is 341 g/mol. The maximum atomic E-state index is 5.64. The molecule has 0 unspecified atom stereocenters. The van der Waals surface area contributed by atoms with E-state index in [1.54, 1.807) is 14.2 Å². The number of methoxy groups -OCH3 is 2. The summed E-state index contributed by atoms with van der Waals surface area (Å²) in [7, 11) is 3.31. The van der Waals surface area contributed by atoms with Crippen LogP contribution in [0.4, 0.5) is 0 Å². The molecule has 0 saturated heterocycles. The summed E-state index contributed by atoms with van der Waals surface area (Å²) in [6.45, 7) is 2.70. The molecular weight excluding hydrogens is 322 g/mol. The number of nitrogens with one attached hydrogen (secondary N) is 1. The number of ether oxygens (including phenoxy) is 3. The van der Waals surface area contributed by atoms with E-state index in [9.17, 15) is 0 Å². The average molecular weight is 342 g/mol. The Bertz CT molecular complexity index is 457. The molecule has 0 spiro atoms. The van der Waals surface area contributed by atoms with Crippen molar-refractivity contribution in [2.45, 2.75) is 13.0 Å². The van der Waals surface area contributed by atoms with Gasteiger partial charge in [0.1, 0.15) is 0 Å². The molecule has 1 N–H and O–H groups in total. The van der Waals surface area contributed by atoms with E-state index in [0.29, 0.717) is 31.1 Å². The van der Waals surface area contributed by atoms with Crippen molar-refractivity contribution in [2.75, 3.05) is 34.0 Å². The number of halogens is 1. The van der Waals surface area contributed by atoms with Crippen molar-refractivity contribution in [3.8, 4) is 23.8 Å². The molecule has 0 atom stereocenters. The fourth-order valence-corrected chi connectivity index (χ4v) is 2.24. The first-order chi connectivity index (χ1) is 9.72. The summed E-state index contributed by atoms with van der Waals surface area (Å²) in [4.78, 5) is 0. The third-order valence-corrected chi connectivity index (χ3v) is 3.18. The van der Waals surface area contributed by atoms with Gasteiger partial charge in [0.15, 0.2) is 11.5 Å². The van der Waals surface area contributed by atoms with Gasteiger partial charge in [0.05, 0.1) is 24.8 Å². The largest absolute Gasteiger partial charge is 0.493 e. The Labute approximate surface area is 128 Å². The highest BCUT2D eigenvalue weighted by molar-refractivity contribution is 9.10. The van der Waals surface area contributed by atoms with Crippen molar-refractivity contribution in [3.63, 3.8) is 0 Å². The van der Waals surface area contributed by atoms with Crippen molar-refractivity contribution in [1.82, 2.24) is 5.32 Å². The first kappa shape index (κ1) is 16.8. The smallest absolute Gasteiger partial charge is 0.175 e. The fraction of sp³-hybridized carbons (Fsp3) is 0.467. The van der Waals surface area contributed by atoms with Crippen LogP contribution in [0, 0.1) is 12.3 Å². The van der Waals surface area contributed by atoms with Gasteiger partial charge in [-0.25, -0.2) is 0 Å². The van der Waals surface area contributed by atoms with E-state index in [1.165, 1.54) is 0 Å². The summed E-state index contributed by atoms with van der Waals surface area (Å²) in [5.74, 6) is 3.92. The molecule has 1 aromatic carbocycles. The zero-order chi connectivity index (χ0) is 14.8. The second-order valence-electron chi connectivity index (χ2n) is 4.08. The first-order valence-electron chi connectivity index (χ1n) is 6.35. The van der Waals surface area contributed by atoms with Crippen LogP contribution in [-0.4, -0.2) is 34.0 Å². The maximum absolute atomic E-state index is 5.64. The lowest BCUT2D eigenvalue weighted by Crippen LogP contribution is -2.18.